The molecule has 0 aliphatic carbocycles. The van der Waals surface area contributed by atoms with Crippen LogP contribution in [0.5, 0.6) is 0 Å². The standard InChI is InChI=1S/C21H40O6Si/c1-11-12-21(22,16-14-24-20(7,8)26-16)17(15-13-23-19(5,6)25-15)27-28(9,10)18(2,3)4/h11,15-17,22H,1,12-14H2,2-10H3/t15-,16-,17-,21-/m1/s1. The molecule has 0 radical (unpaired) electrons. The second-order valence-electron chi connectivity index (χ2n) is 10.5. The van der Waals surface area contributed by atoms with Crippen LogP contribution in [0, 0.1) is 0 Å². The monoisotopic (exact) mass is 416 g/mol. The van der Waals surface area contributed by atoms with Crippen molar-refractivity contribution in [3.05, 3.63) is 12.7 Å². The first-order valence-corrected chi connectivity index (χ1v) is 13.1. The smallest absolute Gasteiger partial charge is 0.192 e. The summed E-state index contributed by atoms with van der Waals surface area (Å²) < 4.78 is 30.6. The Morgan fingerprint density at radius 2 is 1.64 bits per heavy atom. The number of hydrogen-bond donors (Lipinski definition) is 1. The third-order valence-corrected chi connectivity index (χ3v) is 10.6. The Bertz CT molecular complexity index is 568. The maximum atomic E-state index is 11.9. The summed E-state index contributed by atoms with van der Waals surface area (Å²) >= 11 is 0. The molecular weight excluding hydrogens is 376 g/mol. The molecule has 2 aliphatic rings. The van der Waals surface area contributed by atoms with Crippen molar-refractivity contribution in [3.8, 4) is 0 Å². The number of aliphatic hydroxyl groups is 1. The molecule has 0 aromatic rings. The lowest BCUT2D eigenvalue weighted by Crippen LogP contribution is -2.63. The second kappa shape index (κ2) is 7.76. The molecule has 7 heteroatoms. The van der Waals surface area contributed by atoms with Crippen LogP contribution >= 0.6 is 0 Å². The Balaban J connectivity index is 2.43. The summed E-state index contributed by atoms with van der Waals surface area (Å²) in [6.45, 7) is 22.8. The van der Waals surface area contributed by atoms with Crippen molar-refractivity contribution in [3.63, 3.8) is 0 Å². The zero-order chi connectivity index (χ0) is 21.6. The molecule has 0 spiro atoms. The molecule has 1 N–H and O–H groups in total. The summed E-state index contributed by atoms with van der Waals surface area (Å²) in [4.78, 5) is 0. The van der Waals surface area contributed by atoms with Gasteiger partial charge in [0, 0.05) is 0 Å². The van der Waals surface area contributed by atoms with E-state index < -0.39 is 43.8 Å². The fourth-order valence-corrected chi connectivity index (χ4v) is 4.80. The first-order valence-electron chi connectivity index (χ1n) is 10.2. The van der Waals surface area contributed by atoms with Crippen LogP contribution in [-0.2, 0) is 23.4 Å². The minimum Gasteiger partial charge on any atom is -0.408 e. The molecule has 0 aromatic carbocycles. The van der Waals surface area contributed by atoms with Crippen molar-refractivity contribution >= 4 is 8.32 Å². The van der Waals surface area contributed by atoms with Crippen LogP contribution in [0.2, 0.25) is 18.1 Å². The summed E-state index contributed by atoms with van der Waals surface area (Å²) in [5.74, 6) is -1.48. The van der Waals surface area contributed by atoms with Crippen molar-refractivity contribution in [1.82, 2.24) is 0 Å². The number of ether oxygens (including phenoxy) is 4. The third kappa shape index (κ3) is 5.06. The van der Waals surface area contributed by atoms with Crippen LogP contribution in [0.1, 0.15) is 54.9 Å². The molecule has 0 amide bonds. The van der Waals surface area contributed by atoms with Gasteiger partial charge >= 0.3 is 0 Å². The molecule has 0 bridgehead atoms. The lowest BCUT2D eigenvalue weighted by Gasteiger charge is -2.47. The molecule has 2 rings (SSSR count). The van der Waals surface area contributed by atoms with Crippen molar-refractivity contribution in [2.24, 2.45) is 0 Å². The Morgan fingerprint density at radius 3 is 2.04 bits per heavy atom. The zero-order valence-corrected chi connectivity index (χ0v) is 20.1. The lowest BCUT2D eigenvalue weighted by atomic mass is 9.84. The Hall–Kier alpha value is -0.283. The quantitative estimate of drug-likeness (QED) is 0.500. The normalized spacial score (nSPS) is 30.8. The molecule has 2 saturated heterocycles. The van der Waals surface area contributed by atoms with Crippen LogP contribution in [0.4, 0.5) is 0 Å². The maximum absolute atomic E-state index is 11.9. The topological polar surface area (TPSA) is 66.4 Å². The molecule has 2 fully saturated rings. The Labute approximate surface area is 171 Å². The van der Waals surface area contributed by atoms with Gasteiger partial charge in [0.1, 0.15) is 23.9 Å². The SMILES string of the molecule is C=CC[C@](O)([C@H](O[Si](C)(C)C(C)(C)C)[C@H]1COC(C)(C)O1)[C@H]1COC(C)(C)O1. The van der Waals surface area contributed by atoms with E-state index in [1.807, 2.05) is 27.7 Å². The molecule has 28 heavy (non-hydrogen) atoms. The zero-order valence-electron chi connectivity index (χ0n) is 19.1. The van der Waals surface area contributed by atoms with Crippen LogP contribution in [-0.4, -0.2) is 62.1 Å². The molecular formula is C21H40O6Si. The molecule has 6 nitrogen and oxygen atoms in total. The minimum atomic E-state index is -2.23. The van der Waals surface area contributed by atoms with Crippen molar-refractivity contribution in [1.29, 1.82) is 0 Å². The van der Waals surface area contributed by atoms with Crippen molar-refractivity contribution in [2.45, 2.75) is 109 Å². The number of rotatable bonds is 7. The van der Waals surface area contributed by atoms with Gasteiger partial charge in [-0.2, -0.15) is 0 Å². The molecule has 0 aromatic heterocycles. The van der Waals surface area contributed by atoms with E-state index in [1.165, 1.54) is 0 Å². The van der Waals surface area contributed by atoms with Crippen LogP contribution in [0.25, 0.3) is 0 Å². The summed E-state index contributed by atoms with van der Waals surface area (Å²) in [6.07, 6.45) is 0.411. The highest BCUT2D eigenvalue weighted by Gasteiger charge is 2.57. The highest BCUT2D eigenvalue weighted by molar-refractivity contribution is 6.74. The second-order valence-corrected chi connectivity index (χ2v) is 15.2. The van der Waals surface area contributed by atoms with Crippen LogP contribution in [0.15, 0.2) is 12.7 Å². The predicted molar refractivity (Wildman–Crippen MR) is 112 cm³/mol. The lowest BCUT2D eigenvalue weighted by molar-refractivity contribution is -0.215. The molecule has 0 unspecified atom stereocenters. The average molecular weight is 417 g/mol. The Kier molecular flexibility index (Phi) is 6.65. The van der Waals surface area contributed by atoms with Gasteiger partial charge in [-0.25, -0.2) is 0 Å². The fraction of sp³-hybridized carbons (Fsp3) is 0.905. The van der Waals surface area contributed by atoms with E-state index in [-0.39, 0.29) is 11.6 Å². The van der Waals surface area contributed by atoms with Crippen LogP contribution < -0.4 is 0 Å². The van der Waals surface area contributed by atoms with E-state index in [0.29, 0.717) is 13.0 Å². The highest BCUT2D eigenvalue weighted by atomic mass is 28.4. The average Bonchev–Trinajstić information content (AvgIpc) is 3.06. The van der Waals surface area contributed by atoms with Gasteiger partial charge in [-0.3, -0.25) is 0 Å². The fourth-order valence-electron chi connectivity index (χ4n) is 3.45. The molecule has 0 saturated carbocycles. The highest BCUT2D eigenvalue weighted by Crippen LogP contribution is 2.44. The van der Waals surface area contributed by atoms with Gasteiger partial charge in [0.25, 0.3) is 0 Å². The molecule has 2 heterocycles. The molecule has 164 valence electrons. The van der Waals surface area contributed by atoms with Gasteiger partial charge < -0.3 is 28.5 Å². The minimum absolute atomic E-state index is 0.0262. The van der Waals surface area contributed by atoms with E-state index in [4.69, 9.17) is 23.4 Å². The van der Waals surface area contributed by atoms with Gasteiger partial charge in [0.05, 0.1) is 13.2 Å². The molecule has 4 atom stereocenters. The first kappa shape index (κ1) is 24.0. The summed E-state index contributed by atoms with van der Waals surface area (Å²) in [5.41, 5.74) is -1.35. The summed E-state index contributed by atoms with van der Waals surface area (Å²) in [7, 11) is -2.23. The largest absolute Gasteiger partial charge is 0.408 e. The van der Waals surface area contributed by atoms with Crippen molar-refractivity contribution < 1.29 is 28.5 Å². The van der Waals surface area contributed by atoms with Gasteiger partial charge in [-0.1, -0.05) is 26.8 Å². The van der Waals surface area contributed by atoms with E-state index in [9.17, 15) is 5.11 Å². The first-order chi connectivity index (χ1) is 12.5. The summed E-state index contributed by atoms with van der Waals surface area (Å²) in [5, 5.41) is 11.9. The predicted octanol–water partition coefficient (Wildman–Crippen LogP) is 3.99. The van der Waals surface area contributed by atoms with E-state index in [2.05, 4.69) is 40.4 Å². The van der Waals surface area contributed by atoms with Gasteiger partial charge in [0.15, 0.2) is 19.9 Å². The van der Waals surface area contributed by atoms with E-state index >= 15 is 0 Å². The van der Waals surface area contributed by atoms with Gasteiger partial charge in [-0.05, 0) is 52.2 Å². The summed E-state index contributed by atoms with van der Waals surface area (Å²) in [6, 6.07) is 0. The van der Waals surface area contributed by atoms with Crippen molar-refractivity contribution in [2.75, 3.05) is 13.2 Å². The van der Waals surface area contributed by atoms with Gasteiger partial charge in [-0.15, -0.1) is 6.58 Å². The Morgan fingerprint density at radius 1 is 1.11 bits per heavy atom. The van der Waals surface area contributed by atoms with Crippen LogP contribution in [0.3, 0.4) is 0 Å². The van der Waals surface area contributed by atoms with E-state index in [1.54, 1.807) is 6.08 Å². The third-order valence-electron chi connectivity index (χ3n) is 6.13. The maximum Gasteiger partial charge on any atom is 0.192 e. The molecule has 2 aliphatic heterocycles. The van der Waals surface area contributed by atoms with Gasteiger partial charge in [0.2, 0.25) is 0 Å². The number of hydrogen-bond acceptors (Lipinski definition) is 6. The van der Waals surface area contributed by atoms with E-state index in [0.717, 1.165) is 0 Å².